The van der Waals surface area contributed by atoms with Crippen molar-refractivity contribution < 1.29 is 39.6 Å². The van der Waals surface area contributed by atoms with Gasteiger partial charge in [0.05, 0.1) is 22.2 Å². The number of carbonyl (C=O) groups excluding carboxylic acids is 1. The molecule has 1 unspecified atom stereocenters. The van der Waals surface area contributed by atoms with Crippen LogP contribution in [-0.2, 0) is 16.2 Å². The van der Waals surface area contributed by atoms with Gasteiger partial charge in [0.1, 0.15) is 5.71 Å². The fraction of sp³-hybridized carbons (Fsp3) is 0.167. The van der Waals surface area contributed by atoms with Crippen LogP contribution in [-0.4, -0.2) is 26.2 Å². The van der Waals surface area contributed by atoms with Crippen LogP contribution in [0.15, 0.2) is 88.9 Å². The van der Waals surface area contributed by atoms with Crippen LogP contribution >= 0.6 is 0 Å². The lowest BCUT2D eigenvalue weighted by Gasteiger charge is -2.24. The number of amides is 1. The number of sulfonamides is 1. The van der Waals surface area contributed by atoms with Crippen LogP contribution in [0.5, 0.6) is 0 Å². The summed E-state index contributed by atoms with van der Waals surface area (Å²) in [5.41, 5.74) is -1.55. The van der Waals surface area contributed by atoms with Crippen molar-refractivity contribution in [3.05, 3.63) is 95.6 Å². The molecular weight excluding hydrogens is 524 g/mol. The van der Waals surface area contributed by atoms with Crippen molar-refractivity contribution >= 4 is 27.3 Å². The highest BCUT2D eigenvalue weighted by Crippen LogP contribution is 2.39. The summed E-state index contributed by atoms with van der Waals surface area (Å²) >= 11 is 0. The third-order valence-corrected chi connectivity index (χ3v) is 6.88. The van der Waals surface area contributed by atoms with E-state index in [-0.39, 0.29) is 16.1 Å². The van der Waals surface area contributed by atoms with Gasteiger partial charge in [-0.25, -0.2) is 13.1 Å². The number of nitrogens with one attached hydrogen (secondary N) is 1. The predicted molar refractivity (Wildman–Crippen MR) is 122 cm³/mol. The van der Waals surface area contributed by atoms with E-state index in [2.05, 4.69) is 5.10 Å². The normalized spacial score (nSPS) is 16.4. The highest BCUT2D eigenvalue weighted by atomic mass is 32.2. The Balaban J connectivity index is 1.55. The molecule has 6 nitrogen and oxygen atoms in total. The second-order valence-electron chi connectivity index (χ2n) is 8.02. The molecule has 0 bridgehead atoms. The van der Waals surface area contributed by atoms with E-state index >= 15 is 0 Å². The highest BCUT2D eigenvalue weighted by Gasteiger charge is 2.43. The Labute approximate surface area is 207 Å². The molecule has 1 amide bonds. The molecule has 4 rings (SSSR count). The minimum atomic E-state index is -4.65. The van der Waals surface area contributed by atoms with Crippen molar-refractivity contribution in [2.45, 2.75) is 29.7 Å². The smallest absolute Gasteiger partial charge is 0.268 e. The molecule has 0 aliphatic carbocycles. The number of nitrogens with zero attached hydrogens (tertiary/aromatic N) is 2. The lowest BCUT2D eigenvalue weighted by Crippen LogP contribution is -2.30. The van der Waals surface area contributed by atoms with Crippen LogP contribution in [0.2, 0.25) is 0 Å². The molecular formula is C24H17F6N3O3S. The van der Waals surface area contributed by atoms with Crippen LogP contribution in [0.3, 0.4) is 0 Å². The molecule has 1 aliphatic heterocycles. The van der Waals surface area contributed by atoms with E-state index in [0.29, 0.717) is 17.7 Å². The first-order chi connectivity index (χ1) is 17.3. The van der Waals surface area contributed by atoms with Gasteiger partial charge >= 0.3 is 12.4 Å². The Morgan fingerprint density at radius 1 is 0.838 bits per heavy atom. The van der Waals surface area contributed by atoms with Crippen molar-refractivity contribution in [1.29, 1.82) is 0 Å². The number of anilines is 1. The van der Waals surface area contributed by atoms with Crippen LogP contribution < -0.4 is 9.73 Å². The number of rotatable bonds is 5. The minimum absolute atomic E-state index is 0.182. The average Bonchev–Trinajstić information content (AvgIpc) is 3.30. The Kier molecular flexibility index (Phi) is 6.76. The molecule has 3 aromatic rings. The first kappa shape index (κ1) is 26.2. The molecule has 0 saturated carbocycles. The monoisotopic (exact) mass is 541 g/mol. The zero-order valence-electron chi connectivity index (χ0n) is 18.6. The lowest BCUT2D eigenvalue weighted by atomic mass is 10.0. The summed E-state index contributed by atoms with van der Waals surface area (Å²) < 4.78 is 105. The Morgan fingerprint density at radius 2 is 1.43 bits per heavy atom. The lowest BCUT2D eigenvalue weighted by molar-refractivity contribution is -0.137. The number of carbonyl (C=O) groups is 1. The minimum Gasteiger partial charge on any atom is -0.268 e. The third-order valence-electron chi connectivity index (χ3n) is 5.53. The number of benzene rings is 3. The maximum Gasteiger partial charge on any atom is 0.431 e. The van der Waals surface area contributed by atoms with Gasteiger partial charge in [0.15, 0.2) is 0 Å². The van der Waals surface area contributed by atoms with Gasteiger partial charge in [-0.15, -0.1) is 0 Å². The van der Waals surface area contributed by atoms with Crippen molar-refractivity contribution in [2.24, 2.45) is 5.10 Å². The first-order valence-corrected chi connectivity index (χ1v) is 12.1. The van der Waals surface area contributed by atoms with Crippen molar-refractivity contribution in [3.63, 3.8) is 0 Å². The quantitative estimate of drug-likeness (QED) is 0.421. The maximum absolute atomic E-state index is 13.4. The van der Waals surface area contributed by atoms with Crippen LogP contribution in [0.1, 0.15) is 33.9 Å². The number of alkyl halides is 6. The summed E-state index contributed by atoms with van der Waals surface area (Å²) in [5, 5.41) is 4.87. The van der Waals surface area contributed by atoms with Gasteiger partial charge in [0.2, 0.25) is 0 Å². The fourth-order valence-electron chi connectivity index (χ4n) is 3.68. The zero-order chi connectivity index (χ0) is 27.0. The molecule has 0 radical (unpaired) electrons. The molecule has 37 heavy (non-hydrogen) atoms. The first-order valence-electron chi connectivity index (χ1n) is 10.6. The molecule has 0 aromatic heterocycles. The summed E-state index contributed by atoms with van der Waals surface area (Å²) in [5.74, 6) is -1.15. The van der Waals surface area contributed by atoms with Gasteiger partial charge in [-0.05, 0) is 54.1 Å². The zero-order valence-corrected chi connectivity index (χ0v) is 19.4. The van der Waals surface area contributed by atoms with Gasteiger partial charge in [-0.1, -0.05) is 30.3 Å². The molecule has 1 atom stereocenters. The molecule has 1 N–H and O–H groups in total. The molecule has 1 aliphatic rings. The summed E-state index contributed by atoms with van der Waals surface area (Å²) in [6.45, 7) is 0. The maximum atomic E-state index is 13.4. The van der Waals surface area contributed by atoms with Gasteiger partial charge in [0.25, 0.3) is 15.9 Å². The van der Waals surface area contributed by atoms with E-state index in [1.54, 1.807) is 35.1 Å². The standard InChI is InChI=1S/C24H17F6N3O3S/c25-23(26,27)17-8-6-16(7-9-17)22(34)32-37(35,36)19-12-10-18(11-13-19)33-20(15-4-2-1-3-5-15)14-21(31-33)24(28,29)30/h1-13,20H,14H2,(H,32,34). The molecule has 3 aromatic carbocycles. The molecule has 194 valence electrons. The van der Waals surface area contributed by atoms with Gasteiger partial charge in [-0.2, -0.15) is 31.4 Å². The Bertz CT molecular complexity index is 1420. The van der Waals surface area contributed by atoms with Crippen molar-refractivity contribution in [2.75, 3.05) is 5.01 Å². The molecule has 0 fully saturated rings. The topological polar surface area (TPSA) is 78.8 Å². The number of hydrogen-bond donors (Lipinski definition) is 1. The van der Waals surface area contributed by atoms with Crippen molar-refractivity contribution in [3.8, 4) is 0 Å². The van der Waals surface area contributed by atoms with E-state index < -0.39 is 52.0 Å². The summed E-state index contributed by atoms with van der Waals surface area (Å²) in [4.78, 5) is 11.9. The number of halogens is 6. The van der Waals surface area contributed by atoms with E-state index in [1.165, 1.54) is 12.1 Å². The predicted octanol–water partition coefficient (Wildman–Crippen LogP) is 5.69. The van der Waals surface area contributed by atoms with Crippen LogP contribution in [0.4, 0.5) is 32.0 Å². The summed E-state index contributed by atoms with van der Waals surface area (Å²) in [7, 11) is -4.44. The molecule has 0 saturated heterocycles. The largest absolute Gasteiger partial charge is 0.431 e. The average molecular weight is 541 g/mol. The molecule has 0 spiro atoms. The van der Waals surface area contributed by atoms with Gasteiger partial charge < -0.3 is 0 Å². The van der Waals surface area contributed by atoms with E-state index in [1.807, 2.05) is 0 Å². The Hall–Kier alpha value is -3.87. The second-order valence-corrected chi connectivity index (χ2v) is 9.71. The number of hydrogen-bond acceptors (Lipinski definition) is 5. The highest BCUT2D eigenvalue weighted by molar-refractivity contribution is 7.90. The van der Waals surface area contributed by atoms with E-state index in [9.17, 15) is 39.6 Å². The third kappa shape index (κ3) is 5.77. The molecule has 1 heterocycles. The molecule has 13 heteroatoms. The van der Waals surface area contributed by atoms with Crippen LogP contribution in [0.25, 0.3) is 0 Å². The summed E-state index contributed by atoms with van der Waals surface area (Å²) in [6, 6.07) is 15.2. The fourth-order valence-corrected chi connectivity index (χ4v) is 4.66. The van der Waals surface area contributed by atoms with Crippen molar-refractivity contribution in [1.82, 2.24) is 4.72 Å². The Morgan fingerprint density at radius 3 is 1.97 bits per heavy atom. The van der Waals surface area contributed by atoms with E-state index in [0.717, 1.165) is 29.3 Å². The summed E-state index contributed by atoms with van der Waals surface area (Å²) in [6.07, 6.45) is -9.67. The van der Waals surface area contributed by atoms with E-state index in [4.69, 9.17) is 0 Å². The van der Waals surface area contributed by atoms with Gasteiger partial charge in [0, 0.05) is 12.0 Å². The SMILES string of the molecule is O=C(NS(=O)(=O)c1ccc(N2N=C(C(F)(F)F)CC2c2ccccc2)cc1)c1ccc(C(F)(F)F)cc1. The number of hydrazone groups is 1. The second kappa shape index (κ2) is 9.54. The van der Waals surface area contributed by atoms with Crippen LogP contribution in [0, 0.1) is 0 Å². The van der Waals surface area contributed by atoms with Gasteiger partial charge in [-0.3, -0.25) is 9.80 Å².